The van der Waals surface area contributed by atoms with Crippen LogP contribution in [-0.4, -0.2) is 25.2 Å². The van der Waals surface area contributed by atoms with Crippen molar-refractivity contribution in [1.82, 2.24) is 5.32 Å². The van der Waals surface area contributed by atoms with Crippen molar-refractivity contribution >= 4 is 23.7 Å². The molecule has 0 saturated carbocycles. The van der Waals surface area contributed by atoms with E-state index in [4.69, 9.17) is 21.1 Å². The van der Waals surface area contributed by atoms with Crippen LogP contribution in [0.25, 0.3) is 11.1 Å². The van der Waals surface area contributed by atoms with E-state index >= 15 is 0 Å². The largest absolute Gasteiger partial charge is 0.449 e. The summed E-state index contributed by atoms with van der Waals surface area (Å²) >= 11 is 6.74. The summed E-state index contributed by atoms with van der Waals surface area (Å²) in [5.74, 6) is -0.726. The molecular weight excluding hydrogens is 561 g/mol. The lowest BCUT2D eigenvalue weighted by Crippen LogP contribution is -2.40. The fourth-order valence-electron chi connectivity index (χ4n) is 5.86. The van der Waals surface area contributed by atoms with Gasteiger partial charge in [0, 0.05) is 27.6 Å². The Kier molecular flexibility index (Phi) is 7.99. The van der Waals surface area contributed by atoms with Gasteiger partial charge in [-0.2, -0.15) is 0 Å². The number of alkyl carbamates (subject to hydrolysis) is 1. The maximum absolute atomic E-state index is 13.5. The Bertz CT molecular complexity index is 1720. The predicted molar refractivity (Wildman–Crippen MR) is 168 cm³/mol. The van der Waals surface area contributed by atoms with Gasteiger partial charge in [0.25, 0.3) is 0 Å². The third kappa shape index (κ3) is 5.52. The van der Waals surface area contributed by atoms with Crippen LogP contribution in [0.2, 0.25) is 5.02 Å². The number of esters is 1. The molecule has 1 aliphatic rings. The maximum Gasteiger partial charge on any atom is 0.407 e. The number of hydrogen-bond donors (Lipinski definition) is 1. The van der Waals surface area contributed by atoms with E-state index in [9.17, 15) is 9.59 Å². The monoisotopic (exact) mass is 590 g/mol. The first-order valence-corrected chi connectivity index (χ1v) is 14.5. The molecule has 0 fully saturated rings. The minimum atomic E-state index is -1.35. The molecule has 214 valence electrons. The molecule has 1 amide bonds. The Balaban J connectivity index is 1.22. The zero-order valence-corrected chi connectivity index (χ0v) is 24.4. The smallest absolute Gasteiger partial charge is 0.407 e. The molecule has 5 aromatic carbocycles. The van der Waals surface area contributed by atoms with Gasteiger partial charge in [-0.05, 0) is 35.2 Å². The van der Waals surface area contributed by atoms with Crippen molar-refractivity contribution in [3.63, 3.8) is 0 Å². The number of benzene rings is 5. The van der Waals surface area contributed by atoms with Crippen LogP contribution in [-0.2, 0) is 19.9 Å². The summed E-state index contributed by atoms with van der Waals surface area (Å²) in [6.45, 7) is 1.75. The fraction of sp³-hybridized carbons (Fsp3) is 0.135. The molecular formula is C37H30ClNO4. The van der Waals surface area contributed by atoms with Crippen LogP contribution < -0.4 is 5.32 Å². The quantitative estimate of drug-likeness (QED) is 0.0860. The van der Waals surface area contributed by atoms with Gasteiger partial charge in [-0.1, -0.05) is 138 Å². The van der Waals surface area contributed by atoms with Crippen LogP contribution in [0, 0.1) is 6.92 Å². The Labute approximate surface area is 256 Å². The normalized spacial score (nSPS) is 13.3. The molecule has 0 aliphatic heterocycles. The lowest BCUT2D eigenvalue weighted by molar-refractivity contribution is -0.152. The van der Waals surface area contributed by atoms with E-state index in [0.717, 1.165) is 38.9 Å². The highest BCUT2D eigenvalue weighted by Crippen LogP contribution is 2.45. The molecule has 0 bridgehead atoms. The maximum atomic E-state index is 13.5. The summed E-state index contributed by atoms with van der Waals surface area (Å²) in [4.78, 5) is 26.3. The molecule has 0 heterocycles. The highest BCUT2D eigenvalue weighted by atomic mass is 35.5. The second kappa shape index (κ2) is 12.2. The number of amides is 1. The minimum absolute atomic E-state index is 0.0856. The second-order valence-electron chi connectivity index (χ2n) is 10.5. The van der Waals surface area contributed by atoms with Gasteiger partial charge in [0.2, 0.25) is 0 Å². The third-order valence-electron chi connectivity index (χ3n) is 7.88. The van der Waals surface area contributed by atoms with Crippen LogP contribution in [0.4, 0.5) is 4.79 Å². The van der Waals surface area contributed by atoms with E-state index in [1.54, 1.807) is 6.07 Å². The van der Waals surface area contributed by atoms with Crippen molar-refractivity contribution in [1.29, 1.82) is 0 Å². The number of carbonyl (C=O) groups is 2. The Hall–Kier alpha value is -4.87. The lowest BCUT2D eigenvalue weighted by Gasteiger charge is -2.36. The van der Waals surface area contributed by atoms with E-state index < -0.39 is 17.7 Å². The molecule has 0 aromatic heterocycles. The summed E-state index contributed by atoms with van der Waals surface area (Å²) in [7, 11) is 0. The molecule has 5 aromatic rings. The van der Waals surface area contributed by atoms with Crippen molar-refractivity contribution in [2.75, 3.05) is 13.2 Å². The Morgan fingerprint density at radius 1 is 0.721 bits per heavy atom. The minimum Gasteiger partial charge on any atom is -0.449 e. The van der Waals surface area contributed by atoms with Gasteiger partial charge < -0.3 is 14.8 Å². The first-order chi connectivity index (χ1) is 21.0. The van der Waals surface area contributed by atoms with Crippen molar-refractivity contribution in [2.45, 2.75) is 18.4 Å². The van der Waals surface area contributed by atoms with E-state index in [1.807, 2.05) is 104 Å². The molecule has 0 radical (unpaired) electrons. The van der Waals surface area contributed by atoms with Gasteiger partial charge in [-0.15, -0.1) is 0 Å². The van der Waals surface area contributed by atoms with Gasteiger partial charge in [0.15, 0.2) is 5.60 Å². The standard InChI is InChI=1S/C37H30ClNO4/c1-25-19-21-27(22-20-25)37(26-11-3-2-4-12-26,33-17-9-10-18-34(33)38)43-35(40)23-39-36(41)42-24-32-30-15-7-5-13-28(30)29-14-6-8-16-31(29)32/h2-22,32H,23-24H2,1H3,(H,39,41)/i23+1,35+1,39+1. The average molecular weight is 591 g/mol. The highest BCUT2D eigenvalue weighted by Gasteiger charge is 2.42. The Morgan fingerprint density at radius 2 is 1.28 bits per heavy atom. The van der Waals surface area contributed by atoms with E-state index in [0.29, 0.717) is 10.6 Å². The van der Waals surface area contributed by atoms with Crippen LogP contribution in [0.5, 0.6) is 0 Å². The van der Waals surface area contributed by atoms with Crippen molar-refractivity contribution in [3.05, 3.63) is 166 Å². The van der Waals surface area contributed by atoms with Crippen molar-refractivity contribution in [2.24, 2.45) is 0 Å². The predicted octanol–water partition coefficient (Wildman–Crippen LogP) is 8.02. The van der Waals surface area contributed by atoms with Crippen LogP contribution in [0.3, 0.4) is 0 Å². The number of rotatable bonds is 8. The molecule has 1 unspecified atom stereocenters. The molecule has 0 saturated heterocycles. The zero-order chi connectivity index (χ0) is 29.8. The number of carbonyl (C=O) groups excluding carboxylic acids is 2. The number of ether oxygens (including phenoxy) is 2. The van der Waals surface area contributed by atoms with Crippen molar-refractivity contribution in [3.8, 4) is 11.1 Å². The first kappa shape index (κ1) is 28.3. The van der Waals surface area contributed by atoms with Crippen molar-refractivity contribution < 1.29 is 19.1 Å². The van der Waals surface area contributed by atoms with E-state index in [-0.39, 0.29) is 19.1 Å². The van der Waals surface area contributed by atoms with Gasteiger partial charge in [-0.3, -0.25) is 4.79 Å². The average Bonchev–Trinajstić information content (AvgIpc) is 3.36. The molecule has 1 atom stereocenters. The number of aryl methyl sites for hydroxylation is 1. The van der Waals surface area contributed by atoms with Crippen LogP contribution in [0.1, 0.15) is 39.3 Å². The van der Waals surface area contributed by atoms with Gasteiger partial charge in [0.05, 0.1) is 0 Å². The van der Waals surface area contributed by atoms with Gasteiger partial charge in [-0.25, -0.2) is 4.79 Å². The molecule has 5 nitrogen and oxygen atoms in total. The highest BCUT2D eigenvalue weighted by molar-refractivity contribution is 6.31. The van der Waals surface area contributed by atoms with Crippen LogP contribution >= 0.6 is 11.6 Å². The number of fused-ring (bicyclic) bond motifs is 3. The molecule has 43 heavy (non-hydrogen) atoms. The summed E-state index contributed by atoms with van der Waals surface area (Å²) in [6, 6.07) is 40.8. The summed E-state index contributed by atoms with van der Waals surface area (Å²) < 4.78 is 12.0. The van der Waals surface area contributed by atoms with Gasteiger partial charge >= 0.3 is 12.1 Å². The summed E-state index contributed by atoms with van der Waals surface area (Å²) in [5.41, 5.74) is 6.28. The second-order valence-corrected chi connectivity index (χ2v) is 11.0. The van der Waals surface area contributed by atoms with Crippen LogP contribution in [0.15, 0.2) is 127 Å². The molecule has 0 spiro atoms. The molecule has 1 N–H and O–H groups in total. The van der Waals surface area contributed by atoms with E-state index in [2.05, 4.69) is 29.6 Å². The topological polar surface area (TPSA) is 64.6 Å². The molecule has 6 heteroatoms. The number of nitrogens with one attached hydrogen (secondary N) is 1. The third-order valence-corrected chi connectivity index (χ3v) is 8.21. The van der Waals surface area contributed by atoms with Gasteiger partial charge in [0.1, 0.15) is 13.2 Å². The first-order valence-electron chi connectivity index (χ1n) is 14.2. The summed E-state index contributed by atoms with van der Waals surface area (Å²) in [5, 5.41) is 3.03. The summed E-state index contributed by atoms with van der Waals surface area (Å²) in [6.07, 6.45) is -0.697. The van der Waals surface area contributed by atoms with E-state index in [1.165, 1.54) is 0 Å². The number of halogens is 1. The Morgan fingerprint density at radius 3 is 1.93 bits per heavy atom. The zero-order valence-electron chi connectivity index (χ0n) is 23.6. The molecule has 1 aliphatic carbocycles. The SMILES string of the molecule is Cc1ccc(C(O[13C](=O)[13CH2][15NH]C(=O)OCC2c3ccccc3-c3ccccc32)(c2ccccc2)c2ccccc2Cl)cc1. The fourth-order valence-corrected chi connectivity index (χ4v) is 6.13. The number of hydrogen-bond acceptors (Lipinski definition) is 4. The molecule has 6 rings (SSSR count). The lowest BCUT2D eigenvalue weighted by atomic mass is 9.80.